The van der Waals surface area contributed by atoms with Crippen molar-refractivity contribution in [3.8, 4) is 0 Å². The smallest absolute Gasteiger partial charge is 0.257 e. The summed E-state index contributed by atoms with van der Waals surface area (Å²) in [5.74, 6) is -2.71. The van der Waals surface area contributed by atoms with E-state index in [1.807, 2.05) is 0 Å². The number of H-pyrrole nitrogens is 1. The molecule has 1 aliphatic heterocycles. The lowest BCUT2D eigenvalue weighted by atomic mass is 10.1. The number of aromatic nitrogens is 1. The highest BCUT2D eigenvalue weighted by Gasteiger charge is 2.27. The van der Waals surface area contributed by atoms with E-state index in [-0.39, 0.29) is 37.6 Å². The number of carbonyl (C=O) groups excluding carboxylic acids is 2. The molecular formula is C17H14ClF2N3O3. The molecule has 26 heavy (non-hydrogen) atoms. The van der Waals surface area contributed by atoms with Crippen LogP contribution in [0.25, 0.3) is 0 Å². The van der Waals surface area contributed by atoms with E-state index in [0.717, 1.165) is 12.1 Å². The second-order valence-electron chi connectivity index (χ2n) is 5.77. The Morgan fingerprint density at radius 2 is 1.58 bits per heavy atom. The Bertz CT molecular complexity index is 903. The summed E-state index contributed by atoms with van der Waals surface area (Å²) in [6.45, 7) is 0.831. The van der Waals surface area contributed by atoms with Crippen molar-refractivity contribution >= 4 is 23.4 Å². The molecule has 0 bridgehead atoms. The average molecular weight is 382 g/mol. The molecular weight excluding hydrogens is 368 g/mol. The molecule has 3 rings (SSSR count). The minimum Gasteiger partial charge on any atom is -0.335 e. The standard InChI is InChI=1S/C17H14ClF2N3O3/c18-12-8-13(19)11(7-14(12)20)17(26)23-5-3-22(4-6-23)16(25)10-1-2-15(24)21-9-10/h1-2,7-9H,3-6H2,(H,21,24). The largest absolute Gasteiger partial charge is 0.335 e. The van der Waals surface area contributed by atoms with Gasteiger partial charge in [-0.3, -0.25) is 14.4 Å². The van der Waals surface area contributed by atoms with Crippen molar-refractivity contribution in [3.05, 3.63) is 68.6 Å². The van der Waals surface area contributed by atoms with E-state index in [4.69, 9.17) is 11.6 Å². The fourth-order valence-electron chi connectivity index (χ4n) is 2.70. The summed E-state index contributed by atoms with van der Waals surface area (Å²) in [7, 11) is 0. The van der Waals surface area contributed by atoms with Gasteiger partial charge in [0.1, 0.15) is 11.6 Å². The van der Waals surface area contributed by atoms with Crippen LogP contribution < -0.4 is 5.56 Å². The van der Waals surface area contributed by atoms with Crippen LogP contribution in [0.15, 0.2) is 35.3 Å². The summed E-state index contributed by atoms with van der Waals surface area (Å²) in [6.07, 6.45) is 1.33. The molecule has 136 valence electrons. The topological polar surface area (TPSA) is 73.5 Å². The molecule has 0 unspecified atom stereocenters. The van der Waals surface area contributed by atoms with E-state index in [2.05, 4.69) is 4.98 Å². The molecule has 2 aromatic rings. The maximum Gasteiger partial charge on any atom is 0.257 e. The van der Waals surface area contributed by atoms with E-state index in [9.17, 15) is 23.2 Å². The molecule has 1 aliphatic rings. The van der Waals surface area contributed by atoms with Gasteiger partial charge in [0.2, 0.25) is 5.56 Å². The molecule has 0 saturated carbocycles. The lowest BCUT2D eigenvalue weighted by molar-refractivity contribution is 0.0532. The Labute approximate surface area is 152 Å². The van der Waals surface area contributed by atoms with Crippen LogP contribution >= 0.6 is 11.6 Å². The summed E-state index contributed by atoms with van der Waals surface area (Å²) >= 11 is 5.49. The van der Waals surface area contributed by atoms with Crippen molar-refractivity contribution < 1.29 is 18.4 Å². The van der Waals surface area contributed by atoms with Crippen molar-refractivity contribution in [2.24, 2.45) is 0 Å². The molecule has 2 amide bonds. The molecule has 2 heterocycles. The minimum atomic E-state index is -0.895. The SMILES string of the molecule is O=C(c1ccc(=O)[nH]c1)N1CCN(C(=O)c2cc(F)c(Cl)cc2F)CC1. The van der Waals surface area contributed by atoms with Crippen LogP contribution in [0.3, 0.4) is 0 Å². The summed E-state index contributed by atoms with van der Waals surface area (Å²) in [5.41, 5.74) is -0.378. The van der Waals surface area contributed by atoms with Gasteiger partial charge in [0, 0.05) is 38.4 Å². The van der Waals surface area contributed by atoms with Gasteiger partial charge >= 0.3 is 0 Å². The van der Waals surface area contributed by atoms with Crippen LogP contribution in [0.1, 0.15) is 20.7 Å². The summed E-state index contributed by atoms with van der Waals surface area (Å²) < 4.78 is 27.4. The fraction of sp³-hybridized carbons (Fsp3) is 0.235. The van der Waals surface area contributed by atoms with E-state index >= 15 is 0 Å². The molecule has 1 aromatic heterocycles. The Hall–Kier alpha value is -2.74. The lowest BCUT2D eigenvalue weighted by Gasteiger charge is -2.34. The average Bonchev–Trinajstić information content (AvgIpc) is 2.64. The maximum absolute atomic E-state index is 13.9. The number of nitrogens with one attached hydrogen (secondary N) is 1. The third-order valence-electron chi connectivity index (χ3n) is 4.13. The third kappa shape index (κ3) is 3.60. The zero-order valence-electron chi connectivity index (χ0n) is 13.5. The van der Waals surface area contributed by atoms with Crippen LogP contribution in [0.4, 0.5) is 8.78 Å². The van der Waals surface area contributed by atoms with Crippen molar-refractivity contribution in [1.82, 2.24) is 14.8 Å². The second-order valence-corrected chi connectivity index (χ2v) is 6.18. The van der Waals surface area contributed by atoms with E-state index < -0.39 is 28.1 Å². The molecule has 9 heteroatoms. The number of hydrogen-bond donors (Lipinski definition) is 1. The Morgan fingerprint density at radius 1 is 0.962 bits per heavy atom. The van der Waals surface area contributed by atoms with Crippen LogP contribution in [0, 0.1) is 11.6 Å². The highest BCUT2D eigenvalue weighted by Crippen LogP contribution is 2.21. The van der Waals surface area contributed by atoms with Gasteiger partial charge < -0.3 is 14.8 Å². The summed E-state index contributed by atoms with van der Waals surface area (Å²) in [5, 5.41) is -0.393. The lowest BCUT2D eigenvalue weighted by Crippen LogP contribution is -2.50. The molecule has 1 aromatic carbocycles. The molecule has 1 saturated heterocycles. The van der Waals surface area contributed by atoms with Crippen LogP contribution in [0.5, 0.6) is 0 Å². The highest BCUT2D eigenvalue weighted by molar-refractivity contribution is 6.30. The number of aromatic amines is 1. The first-order valence-corrected chi connectivity index (χ1v) is 8.16. The predicted octanol–water partition coefficient (Wildman–Crippen LogP) is 1.90. The Morgan fingerprint density at radius 3 is 2.15 bits per heavy atom. The zero-order valence-corrected chi connectivity index (χ0v) is 14.2. The number of benzene rings is 1. The van der Waals surface area contributed by atoms with Gasteiger partial charge in [0.15, 0.2) is 0 Å². The van der Waals surface area contributed by atoms with Crippen LogP contribution in [-0.4, -0.2) is 52.8 Å². The fourth-order valence-corrected chi connectivity index (χ4v) is 2.85. The van der Waals surface area contributed by atoms with Gasteiger partial charge in [-0.15, -0.1) is 0 Å². The van der Waals surface area contributed by atoms with Crippen LogP contribution in [-0.2, 0) is 0 Å². The predicted molar refractivity (Wildman–Crippen MR) is 90.2 cm³/mol. The third-order valence-corrected chi connectivity index (χ3v) is 4.42. The number of hydrogen-bond acceptors (Lipinski definition) is 3. The molecule has 0 radical (unpaired) electrons. The first-order valence-electron chi connectivity index (χ1n) is 7.78. The Kier molecular flexibility index (Phi) is 5.03. The zero-order chi connectivity index (χ0) is 18.8. The summed E-state index contributed by atoms with van der Waals surface area (Å²) in [4.78, 5) is 41.1. The van der Waals surface area contributed by atoms with Crippen molar-refractivity contribution in [2.45, 2.75) is 0 Å². The van der Waals surface area contributed by atoms with E-state index in [1.165, 1.54) is 28.1 Å². The second kappa shape index (κ2) is 7.25. The van der Waals surface area contributed by atoms with Gasteiger partial charge in [-0.25, -0.2) is 8.78 Å². The quantitative estimate of drug-likeness (QED) is 0.807. The molecule has 0 aliphatic carbocycles. The number of amides is 2. The molecule has 6 nitrogen and oxygen atoms in total. The van der Waals surface area contributed by atoms with Gasteiger partial charge in [0.05, 0.1) is 16.1 Å². The van der Waals surface area contributed by atoms with Crippen molar-refractivity contribution in [1.29, 1.82) is 0 Å². The maximum atomic E-state index is 13.9. The molecule has 1 fully saturated rings. The van der Waals surface area contributed by atoms with Crippen LogP contribution in [0.2, 0.25) is 5.02 Å². The van der Waals surface area contributed by atoms with Gasteiger partial charge in [-0.05, 0) is 18.2 Å². The highest BCUT2D eigenvalue weighted by atomic mass is 35.5. The first kappa shape index (κ1) is 18.1. The molecule has 0 spiro atoms. The van der Waals surface area contributed by atoms with E-state index in [1.54, 1.807) is 0 Å². The number of nitrogens with zero attached hydrogens (tertiary/aromatic N) is 2. The normalized spacial score (nSPS) is 14.4. The van der Waals surface area contributed by atoms with E-state index in [0.29, 0.717) is 5.56 Å². The van der Waals surface area contributed by atoms with Gasteiger partial charge in [0.25, 0.3) is 11.8 Å². The number of pyridine rings is 1. The summed E-state index contributed by atoms with van der Waals surface area (Å²) in [6, 6.07) is 4.22. The number of carbonyl (C=O) groups is 2. The van der Waals surface area contributed by atoms with Gasteiger partial charge in [-0.2, -0.15) is 0 Å². The van der Waals surface area contributed by atoms with Crippen molar-refractivity contribution in [2.75, 3.05) is 26.2 Å². The monoisotopic (exact) mass is 381 g/mol. The number of rotatable bonds is 2. The first-order chi connectivity index (χ1) is 12.4. The molecule has 0 atom stereocenters. The number of piperazine rings is 1. The van der Waals surface area contributed by atoms with Gasteiger partial charge in [-0.1, -0.05) is 11.6 Å². The minimum absolute atomic E-state index is 0.178. The number of halogens is 3. The Balaban J connectivity index is 1.67. The van der Waals surface area contributed by atoms with Crippen molar-refractivity contribution in [3.63, 3.8) is 0 Å². The molecule has 1 N–H and O–H groups in total.